The Morgan fingerprint density at radius 2 is 1.37 bits per heavy atom. The maximum absolute atomic E-state index is 6.13. The third-order valence-electron chi connectivity index (χ3n) is 6.68. The summed E-state index contributed by atoms with van der Waals surface area (Å²) in [6.45, 7) is 3.10. The van der Waals surface area contributed by atoms with Crippen LogP contribution in [0.3, 0.4) is 0 Å². The van der Waals surface area contributed by atoms with Crippen molar-refractivity contribution in [2.45, 2.75) is 103 Å². The zero-order valence-corrected chi connectivity index (χ0v) is 22.9. The molecular weight excluding hydrogens is 448 g/mol. The normalized spacial score (nSPS) is 12.3. The van der Waals surface area contributed by atoms with Gasteiger partial charge in [0.15, 0.2) is 0 Å². The molecule has 2 rings (SSSR count). The van der Waals surface area contributed by atoms with Gasteiger partial charge in [-0.1, -0.05) is 106 Å². The van der Waals surface area contributed by atoms with Crippen LogP contribution in [0, 0.1) is 12.3 Å². The predicted octanol–water partition coefficient (Wildman–Crippen LogP) is 10.7. The van der Waals surface area contributed by atoms with E-state index in [0.29, 0.717) is 11.8 Å². The number of halogens is 1. The molecule has 0 fully saturated rings. The van der Waals surface area contributed by atoms with Crippen molar-refractivity contribution in [3.8, 4) is 5.75 Å². The lowest BCUT2D eigenvalue weighted by molar-refractivity contribution is 0.226. The molecule has 0 heterocycles. The molecule has 0 saturated heterocycles. The van der Waals surface area contributed by atoms with Gasteiger partial charge in [-0.3, -0.25) is 0 Å². The highest BCUT2D eigenvalue weighted by Crippen LogP contribution is 2.21. The van der Waals surface area contributed by atoms with Crippen LogP contribution in [-0.2, 0) is 5.88 Å². The molecule has 2 aromatic carbocycles. The van der Waals surface area contributed by atoms with Crippen LogP contribution >= 0.6 is 11.6 Å². The molecule has 0 aliphatic rings. The Morgan fingerprint density at radius 1 is 0.714 bits per heavy atom. The largest absolute Gasteiger partial charge is 0.493 e. The molecule has 2 aromatic rings. The Labute approximate surface area is 221 Å². The summed E-state index contributed by atoms with van der Waals surface area (Å²) in [5.74, 6) is 2.19. The molecule has 1 unspecified atom stereocenters. The van der Waals surface area contributed by atoms with Crippen LogP contribution in [0.25, 0.3) is 0 Å². The second-order valence-electron chi connectivity index (χ2n) is 9.81. The van der Waals surface area contributed by atoms with E-state index in [1.807, 2.05) is 18.2 Å². The fraction of sp³-hybridized carbons (Fsp3) is 0.545. The molecule has 193 valence electrons. The van der Waals surface area contributed by atoms with Crippen LogP contribution in [0.15, 0.2) is 66.7 Å². The third-order valence-corrected chi connectivity index (χ3v) is 6.99. The smallest absolute Gasteiger partial charge is 0.119 e. The van der Waals surface area contributed by atoms with E-state index in [0.717, 1.165) is 18.8 Å². The minimum absolute atomic E-state index is 0.582. The SMILES string of the molecule is CCCCCCCC/C=C\CCCCC(CCC[CH]c1ccc(CCl)cc1)COc1ccccc1. The first-order chi connectivity index (χ1) is 17.3. The van der Waals surface area contributed by atoms with Gasteiger partial charge in [0.1, 0.15) is 5.75 Å². The summed E-state index contributed by atoms with van der Waals surface area (Å²) < 4.78 is 6.13. The second-order valence-corrected chi connectivity index (χ2v) is 10.1. The number of hydrogen-bond acceptors (Lipinski definition) is 1. The molecule has 1 radical (unpaired) electrons. The van der Waals surface area contributed by atoms with Crippen molar-refractivity contribution in [2.75, 3.05) is 6.61 Å². The number of alkyl halides is 1. The number of benzene rings is 2. The van der Waals surface area contributed by atoms with Gasteiger partial charge in [-0.2, -0.15) is 0 Å². The number of allylic oxidation sites excluding steroid dienone is 2. The summed E-state index contributed by atoms with van der Waals surface area (Å²) in [7, 11) is 0. The fourth-order valence-electron chi connectivity index (χ4n) is 4.43. The number of unbranched alkanes of at least 4 members (excludes halogenated alkanes) is 9. The van der Waals surface area contributed by atoms with E-state index < -0.39 is 0 Å². The van der Waals surface area contributed by atoms with Crippen molar-refractivity contribution in [3.63, 3.8) is 0 Å². The standard InChI is InChI=1S/C33H48ClO/c1-2-3-4-5-6-7-8-9-10-11-12-14-20-32(29-35-33-22-15-13-16-23-33)21-18-17-19-30-24-26-31(28-34)27-25-30/h9-10,13,15-16,19,22-27,32H,2-8,11-12,14,17-18,20-21,28-29H2,1H3/b10-9-. The number of para-hydroxylation sites is 1. The van der Waals surface area contributed by atoms with Gasteiger partial charge in [0.25, 0.3) is 0 Å². The van der Waals surface area contributed by atoms with Gasteiger partial charge in [-0.25, -0.2) is 0 Å². The molecule has 0 spiro atoms. The lowest BCUT2D eigenvalue weighted by atomic mass is 9.94. The quantitative estimate of drug-likeness (QED) is 0.0949. The van der Waals surface area contributed by atoms with E-state index in [1.165, 1.54) is 94.6 Å². The molecule has 0 aliphatic carbocycles. The predicted molar refractivity (Wildman–Crippen MR) is 154 cm³/mol. The van der Waals surface area contributed by atoms with E-state index in [9.17, 15) is 0 Å². The summed E-state index contributed by atoms with van der Waals surface area (Å²) in [6.07, 6.45) is 25.3. The Morgan fingerprint density at radius 3 is 2.09 bits per heavy atom. The Balaban J connectivity index is 1.62. The van der Waals surface area contributed by atoms with Crippen LogP contribution in [0.5, 0.6) is 5.75 Å². The van der Waals surface area contributed by atoms with Crippen molar-refractivity contribution in [2.24, 2.45) is 5.92 Å². The molecule has 0 bridgehead atoms. The summed E-state index contributed by atoms with van der Waals surface area (Å²) in [5.41, 5.74) is 2.47. The van der Waals surface area contributed by atoms with Crippen LogP contribution < -0.4 is 4.74 Å². The van der Waals surface area contributed by atoms with E-state index in [4.69, 9.17) is 16.3 Å². The highest BCUT2D eigenvalue weighted by molar-refractivity contribution is 6.17. The lowest BCUT2D eigenvalue weighted by Crippen LogP contribution is -2.12. The fourth-order valence-corrected chi connectivity index (χ4v) is 4.61. The van der Waals surface area contributed by atoms with E-state index in [-0.39, 0.29) is 0 Å². The van der Waals surface area contributed by atoms with Crippen molar-refractivity contribution in [1.82, 2.24) is 0 Å². The van der Waals surface area contributed by atoms with Crippen LogP contribution in [-0.4, -0.2) is 6.61 Å². The number of rotatable bonds is 21. The van der Waals surface area contributed by atoms with Crippen LogP contribution in [0.2, 0.25) is 0 Å². The second kappa shape index (κ2) is 20.5. The first-order valence-corrected chi connectivity index (χ1v) is 14.7. The van der Waals surface area contributed by atoms with Crippen molar-refractivity contribution < 1.29 is 4.74 Å². The molecule has 0 N–H and O–H groups in total. The Hall–Kier alpha value is -1.73. The molecule has 0 saturated carbocycles. The highest BCUT2D eigenvalue weighted by atomic mass is 35.5. The molecular formula is C33H48ClO. The van der Waals surface area contributed by atoms with E-state index in [2.05, 4.69) is 61.9 Å². The van der Waals surface area contributed by atoms with Crippen molar-refractivity contribution in [1.29, 1.82) is 0 Å². The maximum atomic E-state index is 6.13. The summed E-state index contributed by atoms with van der Waals surface area (Å²) in [4.78, 5) is 0. The van der Waals surface area contributed by atoms with Gasteiger partial charge < -0.3 is 4.74 Å². The van der Waals surface area contributed by atoms with Crippen molar-refractivity contribution >= 4 is 11.6 Å². The number of ether oxygens (including phenoxy) is 1. The average Bonchev–Trinajstić information content (AvgIpc) is 2.90. The van der Waals surface area contributed by atoms with Crippen LogP contribution in [0.4, 0.5) is 0 Å². The van der Waals surface area contributed by atoms with Gasteiger partial charge in [0.2, 0.25) is 0 Å². The van der Waals surface area contributed by atoms with Crippen LogP contribution in [0.1, 0.15) is 108 Å². The summed E-state index contributed by atoms with van der Waals surface area (Å²) in [5, 5.41) is 0. The van der Waals surface area contributed by atoms with E-state index >= 15 is 0 Å². The van der Waals surface area contributed by atoms with Gasteiger partial charge in [0.05, 0.1) is 6.61 Å². The third kappa shape index (κ3) is 15.1. The van der Waals surface area contributed by atoms with Gasteiger partial charge in [-0.15, -0.1) is 11.6 Å². The monoisotopic (exact) mass is 495 g/mol. The van der Waals surface area contributed by atoms with Crippen molar-refractivity contribution in [3.05, 3.63) is 84.3 Å². The minimum Gasteiger partial charge on any atom is -0.493 e. The summed E-state index contributed by atoms with van der Waals surface area (Å²) in [6, 6.07) is 18.8. The van der Waals surface area contributed by atoms with Gasteiger partial charge in [-0.05, 0) is 80.5 Å². The maximum Gasteiger partial charge on any atom is 0.119 e. The molecule has 1 nitrogen and oxygen atoms in total. The summed E-state index contributed by atoms with van der Waals surface area (Å²) >= 11 is 5.90. The zero-order valence-electron chi connectivity index (χ0n) is 22.1. The highest BCUT2D eigenvalue weighted by Gasteiger charge is 2.10. The molecule has 2 heteroatoms. The Bertz CT molecular complexity index is 752. The van der Waals surface area contributed by atoms with Gasteiger partial charge in [0, 0.05) is 5.88 Å². The topological polar surface area (TPSA) is 9.23 Å². The molecule has 1 atom stereocenters. The molecule has 0 aliphatic heterocycles. The first-order valence-electron chi connectivity index (χ1n) is 14.1. The molecule has 0 amide bonds. The van der Waals surface area contributed by atoms with Gasteiger partial charge >= 0.3 is 0 Å². The minimum atomic E-state index is 0.582. The Kier molecular flexibility index (Phi) is 17.2. The van der Waals surface area contributed by atoms with E-state index in [1.54, 1.807) is 0 Å². The lowest BCUT2D eigenvalue weighted by Gasteiger charge is -2.18. The zero-order chi connectivity index (χ0) is 24.8. The number of hydrogen-bond donors (Lipinski definition) is 0. The molecule has 0 aromatic heterocycles. The average molecular weight is 496 g/mol. The first kappa shape index (κ1) is 29.5. The molecule has 35 heavy (non-hydrogen) atoms.